The minimum Gasteiger partial charge on any atom is -0.481 e. The molecule has 2 aliphatic carbocycles. The van der Waals surface area contributed by atoms with E-state index in [0.29, 0.717) is 12.8 Å². The smallest absolute Gasteiger partial charge is 0.307 e. The van der Waals surface area contributed by atoms with Crippen molar-refractivity contribution in [3.8, 4) is 0 Å². The predicted octanol–water partition coefficient (Wildman–Crippen LogP) is 4.70. The number of aliphatic carboxylic acids is 2. The molecule has 2 saturated carbocycles. The molecular formula is C30H33NO5. The maximum atomic E-state index is 12.0. The predicted molar refractivity (Wildman–Crippen MR) is 137 cm³/mol. The van der Waals surface area contributed by atoms with Crippen molar-refractivity contribution >= 4 is 11.9 Å². The van der Waals surface area contributed by atoms with E-state index in [9.17, 15) is 24.9 Å². The van der Waals surface area contributed by atoms with Crippen LogP contribution in [0.2, 0.25) is 0 Å². The van der Waals surface area contributed by atoms with Crippen molar-refractivity contribution in [2.45, 2.75) is 37.3 Å². The molecule has 5 N–H and O–H groups in total. The van der Waals surface area contributed by atoms with Gasteiger partial charge in [-0.3, -0.25) is 9.59 Å². The Labute approximate surface area is 211 Å². The van der Waals surface area contributed by atoms with Gasteiger partial charge in [0.2, 0.25) is 0 Å². The van der Waals surface area contributed by atoms with Crippen LogP contribution in [-0.2, 0) is 9.59 Å². The van der Waals surface area contributed by atoms with E-state index >= 15 is 0 Å². The second-order valence-electron chi connectivity index (χ2n) is 9.86. The van der Waals surface area contributed by atoms with Gasteiger partial charge in [-0.1, -0.05) is 91.0 Å². The summed E-state index contributed by atoms with van der Waals surface area (Å²) < 4.78 is 0. The van der Waals surface area contributed by atoms with Crippen molar-refractivity contribution in [3.05, 3.63) is 108 Å². The number of benzene rings is 3. The molecule has 0 amide bonds. The third-order valence-electron chi connectivity index (χ3n) is 7.85. The number of aliphatic hydroxyl groups is 1. The van der Waals surface area contributed by atoms with Crippen LogP contribution in [0.1, 0.15) is 48.4 Å². The molecule has 0 saturated heterocycles. The Kier molecular flexibility index (Phi) is 7.57. The lowest BCUT2D eigenvalue weighted by Crippen LogP contribution is -2.43. The van der Waals surface area contributed by atoms with Crippen molar-refractivity contribution in [2.75, 3.05) is 0 Å². The van der Waals surface area contributed by atoms with E-state index in [1.807, 2.05) is 97.9 Å². The van der Waals surface area contributed by atoms with Crippen LogP contribution in [0.5, 0.6) is 0 Å². The molecule has 6 nitrogen and oxygen atoms in total. The van der Waals surface area contributed by atoms with Crippen LogP contribution in [0.25, 0.3) is 0 Å². The zero-order valence-electron chi connectivity index (χ0n) is 20.3. The molecule has 6 heteroatoms. The van der Waals surface area contributed by atoms with Crippen molar-refractivity contribution in [3.63, 3.8) is 0 Å². The van der Waals surface area contributed by atoms with E-state index in [-0.39, 0.29) is 6.04 Å². The van der Waals surface area contributed by atoms with Crippen molar-refractivity contribution in [1.82, 2.24) is 0 Å². The van der Waals surface area contributed by atoms with E-state index < -0.39 is 47.1 Å². The fraction of sp³-hybridized carbons (Fsp3) is 0.333. The average Bonchev–Trinajstić information content (AvgIpc) is 3.34. The zero-order chi connectivity index (χ0) is 25.9. The number of carbonyl (C=O) groups is 2. The number of nitrogens with two attached hydrogens (primary N) is 1. The summed E-state index contributed by atoms with van der Waals surface area (Å²) in [4.78, 5) is 23.8. The van der Waals surface area contributed by atoms with Crippen molar-refractivity contribution in [1.29, 1.82) is 0 Å². The summed E-state index contributed by atoms with van der Waals surface area (Å²) in [6.07, 6.45) is 1.05. The maximum absolute atomic E-state index is 12.0. The average molecular weight is 488 g/mol. The number of carboxylic acids is 2. The molecule has 3 aromatic carbocycles. The molecule has 188 valence electrons. The fourth-order valence-electron chi connectivity index (χ4n) is 6.39. The SMILES string of the molecule is CC(N)c1ccccc1.O=C(O)C1C(C(=O)O)C2CCC1C2(O)C(c1ccccc1)c1ccccc1. The summed E-state index contributed by atoms with van der Waals surface area (Å²) in [5.74, 6) is -6.05. The van der Waals surface area contributed by atoms with Gasteiger partial charge >= 0.3 is 11.9 Å². The highest BCUT2D eigenvalue weighted by Gasteiger charge is 2.70. The van der Waals surface area contributed by atoms with Crippen LogP contribution in [0.15, 0.2) is 91.0 Å². The van der Waals surface area contributed by atoms with E-state index in [2.05, 4.69) is 0 Å². The monoisotopic (exact) mass is 487 g/mol. The van der Waals surface area contributed by atoms with E-state index in [4.69, 9.17) is 5.73 Å². The van der Waals surface area contributed by atoms with E-state index in [1.54, 1.807) is 0 Å². The summed E-state index contributed by atoms with van der Waals surface area (Å²) in [5, 5.41) is 31.4. The quantitative estimate of drug-likeness (QED) is 0.400. The van der Waals surface area contributed by atoms with E-state index in [1.165, 1.54) is 5.56 Å². The summed E-state index contributed by atoms with van der Waals surface area (Å²) in [6.45, 7) is 1.98. The maximum Gasteiger partial charge on any atom is 0.307 e. The van der Waals surface area contributed by atoms with Gasteiger partial charge in [0.05, 0.1) is 17.4 Å². The van der Waals surface area contributed by atoms with Crippen LogP contribution in [-0.4, -0.2) is 32.9 Å². The van der Waals surface area contributed by atoms with Gasteiger partial charge in [0.1, 0.15) is 0 Å². The standard InChI is InChI=1S/C22H22O5.C8H11N/c23-20(24)17-15-11-12-16(18(17)21(25)26)22(15,27)19(13-7-3-1-4-8-13)14-9-5-2-6-10-14;1-7(9)8-5-3-2-4-6-8/h1-10,15-19,27H,11-12H2,(H,23,24)(H,25,26);2-7H,9H2,1H3. The topological polar surface area (TPSA) is 121 Å². The molecule has 0 spiro atoms. The fourth-order valence-corrected chi connectivity index (χ4v) is 6.39. The Balaban J connectivity index is 0.000000286. The Morgan fingerprint density at radius 3 is 1.33 bits per heavy atom. The number of hydrogen-bond acceptors (Lipinski definition) is 4. The van der Waals surface area contributed by atoms with Crippen LogP contribution in [0, 0.1) is 23.7 Å². The Hall–Kier alpha value is -3.48. The summed E-state index contributed by atoms with van der Waals surface area (Å²) in [5.41, 5.74) is 7.14. The molecule has 0 heterocycles. The van der Waals surface area contributed by atoms with Gasteiger partial charge in [-0.25, -0.2) is 0 Å². The van der Waals surface area contributed by atoms with Crippen LogP contribution in [0.4, 0.5) is 0 Å². The third kappa shape index (κ3) is 4.66. The van der Waals surface area contributed by atoms with Gasteiger partial charge in [0.15, 0.2) is 0 Å². The summed E-state index contributed by atoms with van der Waals surface area (Å²) >= 11 is 0. The Morgan fingerprint density at radius 1 is 0.722 bits per heavy atom. The zero-order valence-corrected chi connectivity index (χ0v) is 20.3. The van der Waals surface area contributed by atoms with Crippen LogP contribution >= 0.6 is 0 Å². The normalized spacial score (nSPS) is 27.2. The highest BCUT2D eigenvalue weighted by molar-refractivity contribution is 5.82. The molecule has 2 fully saturated rings. The first-order valence-electron chi connectivity index (χ1n) is 12.3. The summed E-state index contributed by atoms with van der Waals surface area (Å²) in [6, 6.07) is 29.2. The Bertz CT molecular complexity index is 1100. The van der Waals surface area contributed by atoms with Crippen molar-refractivity contribution < 1.29 is 24.9 Å². The second-order valence-corrected chi connectivity index (χ2v) is 9.86. The highest BCUT2D eigenvalue weighted by Crippen LogP contribution is 2.64. The van der Waals surface area contributed by atoms with Gasteiger partial charge in [-0.05, 0) is 36.5 Å². The first-order chi connectivity index (χ1) is 17.3. The van der Waals surface area contributed by atoms with Gasteiger partial charge in [0.25, 0.3) is 0 Å². The van der Waals surface area contributed by atoms with Gasteiger partial charge in [-0.15, -0.1) is 0 Å². The van der Waals surface area contributed by atoms with Gasteiger partial charge in [0, 0.05) is 23.8 Å². The van der Waals surface area contributed by atoms with Gasteiger partial charge < -0.3 is 21.1 Å². The molecule has 5 atom stereocenters. The van der Waals surface area contributed by atoms with Crippen LogP contribution < -0.4 is 5.73 Å². The molecule has 0 aromatic heterocycles. The Morgan fingerprint density at radius 2 is 1.06 bits per heavy atom. The molecule has 5 unspecified atom stereocenters. The second kappa shape index (κ2) is 10.6. The first kappa shape index (κ1) is 25.6. The molecule has 0 radical (unpaired) electrons. The molecule has 0 aliphatic heterocycles. The lowest BCUT2D eigenvalue weighted by atomic mass is 9.71. The summed E-state index contributed by atoms with van der Waals surface area (Å²) in [7, 11) is 0. The minimum atomic E-state index is -1.41. The van der Waals surface area contributed by atoms with Crippen LogP contribution in [0.3, 0.4) is 0 Å². The first-order valence-corrected chi connectivity index (χ1v) is 12.3. The highest BCUT2D eigenvalue weighted by atomic mass is 16.4. The minimum absolute atomic E-state index is 0.159. The molecule has 3 aromatic rings. The van der Waals surface area contributed by atoms with Crippen molar-refractivity contribution in [2.24, 2.45) is 29.4 Å². The lowest BCUT2D eigenvalue weighted by molar-refractivity contribution is -0.156. The molecular weight excluding hydrogens is 454 g/mol. The molecule has 2 aliphatic rings. The number of hydrogen-bond donors (Lipinski definition) is 4. The van der Waals surface area contributed by atoms with E-state index in [0.717, 1.165) is 11.1 Å². The third-order valence-corrected chi connectivity index (χ3v) is 7.85. The van der Waals surface area contributed by atoms with Gasteiger partial charge in [-0.2, -0.15) is 0 Å². The largest absolute Gasteiger partial charge is 0.481 e. The molecule has 5 rings (SSSR count). The number of carboxylic acid groups (broad SMARTS) is 2. The number of fused-ring (bicyclic) bond motifs is 2. The molecule has 2 bridgehead atoms. The number of rotatable bonds is 6. The molecule has 36 heavy (non-hydrogen) atoms. The lowest BCUT2D eigenvalue weighted by Gasteiger charge is -2.38.